The monoisotopic (exact) mass is 285 g/mol. The summed E-state index contributed by atoms with van der Waals surface area (Å²) in [5.74, 6) is -0.412. The number of hydrogen-bond donors (Lipinski definition) is 2. The lowest BCUT2D eigenvalue weighted by Crippen LogP contribution is -2.32. The molecule has 1 fully saturated rings. The van der Waals surface area contributed by atoms with Crippen LogP contribution in [0.2, 0.25) is 0 Å². The van der Waals surface area contributed by atoms with E-state index in [0.717, 1.165) is 17.0 Å². The maximum absolute atomic E-state index is 11.8. The molecule has 1 saturated heterocycles. The van der Waals surface area contributed by atoms with Gasteiger partial charge in [-0.15, -0.1) is 0 Å². The van der Waals surface area contributed by atoms with Gasteiger partial charge in [0.1, 0.15) is 0 Å². The first-order valence-corrected chi connectivity index (χ1v) is 8.20. The average Bonchev–Trinajstić information content (AvgIpc) is 2.85. The molecule has 2 heterocycles. The molecule has 6 nitrogen and oxygen atoms in total. The number of carbonyl (C=O) groups is 1. The lowest BCUT2D eigenvalue weighted by atomic mass is 10.1. The second-order valence-electron chi connectivity index (χ2n) is 5.05. The van der Waals surface area contributed by atoms with Crippen LogP contribution < -0.4 is 5.32 Å². The Bertz CT molecular complexity index is 558. The number of nitrogens with one attached hydrogen (secondary N) is 2. The number of nitrogens with zero attached hydrogens (tertiary/aromatic N) is 1. The van der Waals surface area contributed by atoms with Crippen LogP contribution in [0.15, 0.2) is 0 Å². The Morgan fingerprint density at radius 1 is 1.47 bits per heavy atom. The Kier molecular flexibility index (Phi) is 3.93. The summed E-state index contributed by atoms with van der Waals surface area (Å²) in [7, 11) is -3.00. The van der Waals surface area contributed by atoms with Gasteiger partial charge in [-0.1, -0.05) is 0 Å². The number of aromatic nitrogens is 2. The molecular weight excluding hydrogens is 266 g/mol. The van der Waals surface area contributed by atoms with E-state index in [2.05, 4.69) is 15.5 Å². The van der Waals surface area contributed by atoms with E-state index < -0.39 is 9.84 Å². The van der Waals surface area contributed by atoms with Gasteiger partial charge in [0.25, 0.3) is 0 Å². The summed E-state index contributed by atoms with van der Waals surface area (Å²) in [6, 6.07) is 0. The van der Waals surface area contributed by atoms with E-state index in [9.17, 15) is 13.2 Å². The fraction of sp³-hybridized carbons (Fsp3) is 0.667. The summed E-state index contributed by atoms with van der Waals surface area (Å²) in [6.45, 7) is 4.38. The van der Waals surface area contributed by atoms with Gasteiger partial charge in [0.2, 0.25) is 5.91 Å². The number of carbonyl (C=O) groups excluding carboxylic acids is 1. The standard InChI is InChI=1S/C12H19N3O3S/c1-8-11(9(2)15-14-8)3-5-13-12(16)10-4-6-19(17,18)7-10/h10H,3-7H2,1-2H3,(H,13,16)(H,14,15). The van der Waals surface area contributed by atoms with Crippen molar-refractivity contribution >= 4 is 15.7 Å². The van der Waals surface area contributed by atoms with Crippen molar-refractivity contribution < 1.29 is 13.2 Å². The largest absolute Gasteiger partial charge is 0.355 e. The first-order valence-electron chi connectivity index (χ1n) is 6.37. The molecule has 106 valence electrons. The summed E-state index contributed by atoms with van der Waals surface area (Å²) in [6.07, 6.45) is 1.15. The summed E-state index contributed by atoms with van der Waals surface area (Å²) < 4.78 is 22.6. The van der Waals surface area contributed by atoms with Crippen LogP contribution >= 0.6 is 0 Å². The van der Waals surface area contributed by atoms with E-state index in [-0.39, 0.29) is 23.3 Å². The zero-order valence-corrected chi connectivity index (χ0v) is 12.0. The van der Waals surface area contributed by atoms with Crippen LogP contribution in [0.4, 0.5) is 0 Å². The van der Waals surface area contributed by atoms with E-state index >= 15 is 0 Å². The van der Waals surface area contributed by atoms with Crippen LogP contribution in [-0.2, 0) is 21.1 Å². The fourth-order valence-corrected chi connectivity index (χ4v) is 4.14. The van der Waals surface area contributed by atoms with Gasteiger partial charge in [-0.25, -0.2) is 8.42 Å². The number of sulfone groups is 1. The molecule has 1 aromatic rings. The first kappa shape index (κ1) is 14.0. The lowest BCUT2D eigenvalue weighted by molar-refractivity contribution is -0.124. The van der Waals surface area contributed by atoms with Gasteiger partial charge < -0.3 is 5.32 Å². The third-order valence-electron chi connectivity index (χ3n) is 3.56. The van der Waals surface area contributed by atoms with Crippen LogP contribution in [0, 0.1) is 19.8 Å². The Hall–Kier alpha value is -1.37. The minimum Gasteiger partial charge on any atom is -0.355 e. The molecule has 0 spiro atoms. The minimum absolute atomic E-state index is 0.0113. The van der Waals surface area contributed by atoms with E-state index in [1.165, 1.54) is 0 Å². The molecule has 1 aliphatic rings. The number of rotatable bonds is 4. The third kappa shape index (κ3) is 3.34. The van der Waals surface area contributed by atoms with E-state index in [1.54, 1.807) is 0 Å². The number of hydrogen-bond acceptors (Lipinski definition) is 4. The lowest BCUT2D eigenvalue weighted by Gasteiger charge is -2.09. The smallest absolute Gasteiger partial charge is 0.224 e. The van der Waals surface area contributed by atoms with Gasteiger partial charge in [-0.2, -0.15) is 5.10 Å². The highest BCUT2D eigenvalue weighted by molar-refractivity contribution is 7.91. The van der Waals surface area contributed by atoms with Crippen molar-refractivity contribution in [3.8, 4) is 0 Å². The van der Waals surface area contributed by atoms with Gasteiger partial charge >= 0.3 is 0 Å². The maximum Gasteiger partial charge on any atom is 0.224 e. The van der Waals surface area contributed by atoms with Gasteiger partial charge in [-0.3, -0.25) is 9.89 Å². The molecule has 0 bridgehead atoms. The summed E-state index contributed by atoms with van der Waals surface area (Å²) in [5.41, 5.74) is 3.06. The van der Waals surface area contributed by atoms with Crippen LogP contribution in [0.25, 0.3) is 0 Å². The molecule has 1 amide bonds. The van der Waals surface area contributed by atoms with Crippen molar-refractivity contribution in [3.05, 3.63) is 17.0 Å². The highest BCUT2D eigenvalue weighted by atomic mass is 32.2. The molecule has 2 rings (SSSR count). The molecule has 0 aliphatic carbocycles. The molecule has 0 radical (unpaired) electrons. The summed E-state index contributed by atoms with van der Waals surface area (Å²) in [5, 5.41) is 9.80. The molecule has 1 atom stereocenters. The molecule has 0 aromatic carbocycles. The quantitative estimate of drug-likeness (QED) is 0.822. The summed E-state index contributed by atoms with van der Waals surface area (Å²) in [4.78, 5) is 11.8. The number of amides is 1. The van der Waals surface area contributed by atoms with Crippen molar-refractivity contribution in [2.45, 2.75) is 26.7 Å². The molecule has 1 aromatic heterocycles. The van der Waals surface area contributed by atoms with Crippen molar-refractivity contribution in [3.63, 3.8) is 0 Å². The maximum atomic E-state index is 11.8. The zero-order valence-electron chi connectivity index (χ0n) is 11.2. The topological polar surface area (TPSA) is 91.9 Å². The van der Waals surface area contributed by atoms with Crippen LogP contribution in [-0.4, -0.2) is 42.6 Å². The Labute approximate surface area is 112 Å². The highest BCUT2D eigenvalue weighted by Crippen LogP contribution is 2.18. The molecular formula is C12H19N3O3S. The predicted octanol–water partition coefficient (Wildman–Crippen LogP) is 0.120. The molecule has 2 N–H and O–H groups in total. The van der Waals surface area contributed by atoms with Gasteiger partial charge in [-0.05, 0) is 32.3 Å². The second kappa shape index (κ2) is 5.32. The van der Waals surface area contributed by atoms with Crippen LogP contribution in [0.3, 0.4) is 0 Å². The second-order valence-corrected chi connectivity index (χ2v) is 7.28. The Balaban J connectivity index is 1.82. The van der Waals surface area contributed by atoms with E-state index in [4.69, 9.17) is 0 Å². The van der Waals surface area contributed by atoms with Crippen molar-refractivity contribution in [1.29, 1.82) is 0 Å². The highest BCUT2D eigenvalue weighted by Gasteiger charge is 2.32. The molecule has 19 heavy (non-hydrogen) atoms. The number of aromatic amines is 1. The molecule has 1 aliphatic heterocycles. The van der Waals surface area contributed by atoms with Crippen LogP contribution in [0.1, 0.15) is 23.4 Å². The van der Waals surface area contributed by atoms with Gasteiger partial charge in [0, 0.05) is 12.2 Å². The summed E-state index contributed by atoms with van der Waals surface area (Å²) >= 11 is 0. The Morgan fingerprint density at radius 2 is 2.21 bits per heavy atom. The minimum atomic E-state index is -3.00. The average molecular weight is 285 g/mol. The van der Waals surface area contributed by atoms with Crippen molar-refractivity contribution in [2.75, 3.05) is 18.1 Å². The predicted molar refractivity (Wildman–Crippen MR) is 71.5 cm³/mol. The Morgan fingerprint density at radius 3 is 2.74 bits per heavy atom. The molecule has 0 saturated carbocycles. The number of aryl methyl sites for hydroxylation is 2. The van der Waals surface area contributed by atoms with Crippen LogP contribution in [0.5, 0.6) is 0 Å². The third-order valence-corrected chi connectivity index (χ3v) is 5.33. The van der Waals surface area contributed by atoms with E-state index in [0.29, 0.717) is 19.4 Å². The van der Waals surface area contributed by atoms with Gasteiger partial charge in [0.15, 0.2) is 9.84 Å². The fourth-order valence-electron chi connectivity index (χ4n) is 2.40. The van der Waals surface area contributed by atoms with E-state index in [1.807, 2.05) is 13.8 Å². The SMILES string of the molecule is Cc1n[nH]c(C)c1CCNC(=O)C1CCS(=O)(=O)C1. The van der Waals surface area contributed by atoms with Crippen molar-refractivity contribution in [2.24, 2.45) is 5.92 Å². The molecule has 7 heteroatoms. The first-order chi connectivity index (χ1) is 8.89. The van der Waals surface area contributed by atoms with Gasteiger partial charge in [0.05, 0.1) is 23.1 Å². The molecule has 1 unspecified atom stereocenters. The van der Waals surface area contributed by atoms with Crippen molar-refractivity contribution in [1.82, 2.24) is 15.5 Å². The zero-order chi connectivity index (χ0) is 14.0. The normalized spacial score (nSPS) is 21.5. The number of H-pyrrole nitrogens is 1.